The van der Waals surface area contributed by atoms with E-state index in [4.69, 9.17) is 0 Å². The standard InChI is InChI=1S/C21H22N6O2S2/c1-31(28,29)27-8-6-26(7-9-27)15-4-5-19(23-12-15)25-20-10-16-18(13-24-20)30-17(11-22)21(16)14-2-3-14/h4-5,10,12-14H,2-3,6-9H2,1H3,(H,23,24,25). The third-order valence-corrected chi connectivity index (χ3v) is 8.14. The maximum absolute atomic E-state index is 11.7. The molecule has 0 aromatic carbocycles. The third kappa shape index (κ3) is 4.08. The van der Waals surface area contributed by atoms with E-state index in [2.05, 4.69) is 26.3 Å². The van der Waals surface area contributed by atoms with Crippen LogP contribution in [0.2, 0.25) is 0 Å². The fourth-order valence-electron chi connectivity index (χ4n) is 4.01. The molecule has 4 heterocycles. The van der Waals surface area contributed by atoms with Crippen LogP contribution >= 0.6 is 11.3 Å². The predicted molar refractivity (Wildman–Crippen MR) is 122 cm³/mol. The molecule has 1 N–H and O–H groups in total. The quantitative estimate of drug-likeness (QED) is 0.631. The highest BCUT2D eigenvalue weighted by Gasteiger charge is 2.30. The van der Waals surface area contributed by atoms with Gasteiger partial charge in [-0.2, -0.15) is 9.57 Å². The molecule has 2 aliphatic rings. The molecule has 0 spiro atoms. The number of aromatic nitrogens is 2. The van der Waals surface area contributed by atoms with E-state index in [0.29, 0.717) is 43.7 Å². The van der Waals surface area contributed by atoms with Gasteiger partial charge in [0, 0.05) is 37.8 Å². The summed E-state index contributed by atoms with van der Waals surface area (Å²) < 4.78 is 25.9. The number of anilines is 3. The molecule has 2 fully saturated rings. The minimum atomic E-state index is -3.14. The van der Waals surface area contributed by atoms with Crippen molar-refractivity contribution in [2.45, 2.75) is 18.8 Å². The lowest BCUT2D eigenvalue weighted by molar-refractivity contribution is 0.388. The number of nitrogens with zero attached hydrogens (tertiary/aromatic N) is 5. The average molecular weight is 455 g/mol. The van der Waals surface area contributed by atoms with Crippen LogP contribution in [0.15, 0.2) is 30.6 Å². The van der Waals surface area contributed by atoms with Crippen molar-refractivity contribution in [1.82, 2.24) is 14.3 Å². The number of hydrogen-bond acceptors (Lipinski definition) is 8. The average Bonchev–Trinajstić information content (AvgIpc) is 3.54. The number of sulfonamides is 1. The molecule has 1 aliphatic carbocycles. The summed E-state index contributed by atoms with van der Waals surface area (Å²) in [4.78, 5) is 11.9. The molecule has 31 heavy (non-hydrogen) atoms. The van der Waals surface area contributed by atoms with Gasteiger partial charge in [0.15, 0.2) is 0 Å². The van der Waals surface area contributed by atoms with Gasteiger partial charge < -0.3 is 10.2 Å². The van der Waals surface area contributed by atoms with Gasteiger partial charge in [-0.3, -0.25) is 0 Å². The van der Waals surface area contributed by atoms with E-state index in [1.165, 1.54) is 27.5 Å². The Hall–Kier alpha value is -2.74. The van der Waals surface area contributed by atoms with Crippen molar-refractivity contribution >= 4 is 48.8 Å². The number of thiophene rings is 1. The van der Waals surface area contributed by atoms with Crippen molar-refractivity contribution in [3.8, 4) is 6.07 Å². The van der Waals surface area contributed by atoms with Crippen molar-refractivity contribution < 1.29 is 8.42 Å². The van der Waals surface area contributed by atoms with Gasteiger partial charge in [0.25, 0.3) is 0 Å². The van der Waals surface area contributed by atoms with E-state index in [9.17, 15) is 13.7 Å². The van der Waals surface area contributed by atoms with E-state index >= 15 is 0 Å². The molecule has 1 saturated heterocycles. The van der Waals surface area contributed by atoms with Crippen LogP contribution < -0.4 is 10.2 Å². The maximum Gasteiger partial charge on any atom is 0.211 e. The Morgan fingerprint density at radius 3 is 2.48 bits per heavy atom. The Morgan fingerprint density at radius 2 is 1.87 bits per heavy atom. The fraction of sp³-hybridized carbons (Fsp3) is 0.381. The Bertz CT molecular complexity index is 1270. The normalized spacial score (nSPS) is 17.6. The number of pyridine rings is 2. The minimum absolute atomic E-state index is 0.484. The zero-order valence-corrected chi connectivity index (χ0v) is 18.7. The van der Waals surface area contributed by atoms with Crippen LogP contribution in [0.4, 0.5) is 17.3 Å². The summed E-state index contributed by atoms with van der Waals surface area (Å²) in [5.74, 6) is 1.90. The van der Waals surface area contributed by atoms with Crippen molar-refractivity contribution in [1.29, 1.82) is 5.26 Å². The Balaban J connectivity index is 1.31. The van der Waals surface area contributed by atoms with Gasteiger partial charge in [-0.25, -0.2) is 18.4 Å². The lowest BCUT2D eigenvalue weighted by atomic mass is 10.1. The summed E-state index contributed by atoms with van der Waals surface area (Å²) in [7, 11) is -3.14. The van der Waals surface area contributed by atoms with Gasteiger partial charge in [-0.05, 0) is 42.5 Å². The predicted octanol–water partition coefficient (Wildman–Crippen LogP) is 3.27. The lowest BCUT2D eigenvalue weighted by Crippen LogP contribution is -2.48. The van der Waals surface area contributed by atoms with E-state index in [-0.39, 0.29) is 0 Å². The SMILES string of the molecule is CS(=O)(=O)N1CCN(c2ccc(Nc3cc4c(C5CC5)c(C#N)sc4cn3)nc2)CC1. The molecule has 1 aliphatic heterocycles. The van der Waals surface area contributed by atoms with Gasteiger partial charge in [0.05, 0.1) is 22.8 Å². The highest BCUT2D eigenvalue weighted by atomic mass is 32.2. The summed E-state index contributed by atoms with van der Waals surface area (Å²) in [6.07, 6.45) is 7.16. The molecular formula is C21H22N6O2S2. The van der Waals surface area contributed by atoms with Gasteiger partial charge in [-0.1, -0.05) is 0 Å². The number of nitriles is 1. The summed E-state index contributed by atoms with van der Waals surface area (Å²) in [5.41, 5.74) is 2.14. The summed E-state index contributed by atoms with van der Waals surface area (Å²) in [6.45, 7) is 2.25. The van der Waals surface area contributed by atoms with Crippen molar-refractivity contribution in [3.05, 3.63) is 41.0 Å². The topological polar surface area (TPSA) is 102 Å². The van der Waals surface area contributed by atoms with Crippen LogP contribution in [0.3, 0.4) is 0 Å². The molecule has 0 atom stereocenters. The van der Waals surface area contributed by atoms with Crippen LogP contribution in [-0.4, -0.2) is 55.1 Å². The van der Waals surface area contributed by atoms with E-state index in [0.717, 1.165) is 33.5 Å². The number of hydrogen-bond donors (Lipinski definition) is 1. The van der Waals surface area contributed by atoms with Crippen LogP contribution in [-0.2, 0) is 10.0 Å². The van der Waals surface area contributed by atoms with E-state index in [1.807, 2.05) is 24.4 Å². The zero-order chi connectivity index (χ0) is 21.6. The number of nitrogens with one attached hydrogen (secondary N) is 1. The van der Waals surface area contributed by atoms with Crippen LogP contribution in [0.25, 0.3) is 10.1 Å². The second-order valence-electron chi connectivity index (χ2n) is 7.97. The molecule has 160 valence electrons. The zero-order valence-electron chi connectivity index (χ0n) is 17.1. The van der Waals surface area contributed by atoms with Crippen LogP contribution in [0.5, 0.6) is 0 Å². The first-order valence-corrected chi connectivity index (χ1v) is 12.8. The molecule has 5 rings (SSSR count). The van der Waals surface area contributed by atoms with E-state index in [1.54, 1.807) is 6.20 Å². The van der Waals surface area contributed by atoms with Crippen molar-refractivity contribution in [2.75, 3.05) is 42.7 Å². The minimum Gasteiger partial charge on any atom is -0.368 e. The molecule has 3 aromatic heterocycles. The molecule has 0 amide bonds. The second kappa shape index (κ2) is 7.75. The summed E-state index contributed by atoms with van der Waals surface area (Å²) >= 11 is 1.51. The van der Waals surface area contributed by atoms with Gasteiger partial charge in [0.2, 0.25) is 10.0 Å². The Morgan fingerprint density at radius 1 is 1.13 bits per heavy atom. The monoisotopic (exact) mass is 454 g/mol. The van der Waals surface area contributed by atoms with Crippen molar-refractivity contribution in [3.63, 3.8) is 0 Å². The molecule has 0 radical (unpaired) electrons. The highest BCUT2D eigenvalue weighted by molar-refractivity contribution is 7.88. The number of fused-ring (bicyclic) bond motifs is 1. The van der Waals surface area contributed by atoms with Gasteiger partial charge in [-0.15, -0.1) is 11.3 Å². The molecule has 10 heteroatoms. The Kier molecular flexibility index (Phi) is 5.04. The smallest absolute Gasteiger partial charge is 0.211 e. The highest BCUT2D eigenvalue weighted by Crippen LogP contribution is 2.48. The molecular weight excluding hydrogens is 432 g/mol. The summed E-state index contributed by atoms with van der Waals surface area (Å²) in [6, 6.07) is 8.24. The number of piperazine rings is 1. The Labute approximate surface area is 185 Å². The first-order valence-electron chi connectivity index (χ1n) is 10.2. The first-order chi connectivity index (χ1) is 14.9. The van der Waals surface area contributed by atoms with Crippen LogP contribution in [0, 0.1) is 11.3 Å². The lowest BCUT2D eigenvalue weighted by Gasteiger charge is -2.34. The van der Waals surface area contributed by atoms with Crippen molar-refractivity contribution in [2.24, 2.45) is 0 Å². The van der Waals surface area contributed by atoms with Gasteiger partial charge >= 0.3 is 0 Å². The first kappa shape index (κ1) is 20.2. The third-order valence-electron chi connectivity index (χ3n) is 5.78. The van der Waals surface area contributed by atoms with Gasteiger partial charge in [0.1, 0.15) is 22.6 Å². The summed E-state index contributed by atoms with van der Waals surface area (Å²) in [5, 5.41) is 13.8. The largest absolute Gasteiger partial charge is 0.368 e. The second-order valence-corrected chi connectivity index (χ2v) is 11.0. The molecule has 0 bridgehead atoms. The molecule has 0 unspecified atom stereocenters. The fourth-order valence-corrected chi connectivity index (χ4v) is 5.87. The molecule has 1 saturated carbocycles. The number of rotatable bonds is 5. The maximum atomic E-state index is 11.7. The molecule has 8 nitrogen and oxygen atoms in total. The molecule has 3 aromatic rings. The van der Waals surface area contributed by atoms with E-state index < -0.39 is 10.0 Å². The van der Waals surface area contributed by atoms with Crippen LogP contribution in [0.1, 0.15) is 29.2 Å².